The van der Waals surface area contributed by atoms with Crippen LogP contribution in [0.5, 0.6) is 0 Å². The highest BCUT2D eigenvalue weighted by Gasteiger charge is 2.37. The topological polar surface area (TPSA) is 34.1 Å². The number of rotatable bonds is 2. The summed E-state index contributed by atoms with van der Waals surface area (Å²) in [5.74, 6) is 0. The van der Waals surface area contributed by atoms with E-state index in [-0.39, 0.29) is 10.8 Å². The third-order valence-corrected chi connectivity index (χ3v) is 5.52. The second kappa shape index (κ2) is 4.64. The highest BCUT2D eigenvalue weighted by Crippen LogP contribution is 2.43. The van der Waals surface area contributed by atoms with Gasteiger partial charge in [0, 0.05) is 10.7 Å². The fraction of sp³-hybridized carbons (Fsp3) is 0.571. The molecule has 0 saturated carbocycles. The Labute approximate surface area is 119 Å². The molecule has 0 fully saturated rings. The second-order valence-electron chi connectivity index (χ2n) is 6.29. The monoisotopic (exact) mass is 332 g/mol. The van der Waals surface area contributed by atoms with E-state index in [0.717, 1.165) is 10.0 Å². The van der Waals surface area contributed by atoms with E-state index in [9.17, 15) is 8.42 Å². The maximum atomic E-state index is 12.0. The van der Waals surface area contributed by atoms with Crippen LogP contribution >= 0.6 is 15.9 Å². The van der Waals surface area contributed by atoms with E-state index in [2.05, 4.69) is 50.5 Å². The van der Waals surface area contributed by atoms with E-state index < -0.39 is 9.84 Å². The molecular formula is C14H21BrO2S. The van der Waals surface area contributed by atoms with Gasteiger partial charge in [-0.2, -0.15) is 0 Å². The first-order valence-corrected chi connectivity index (χ1v) is 8.56. The van der Waals surface area contributed by atoms with E-state index >= 15 is 0 Å². The molecule has 0 amide bonds. The predicted octanol–water partition coefficient (Wildman–Crippen LogP) is 4.18. The minimum absolute atomic E-state index is 0.0275. The molecule has 0 aliphatic rings. The zero-order valence-corrected chi connectivity index (χ0v) is 14.2. The molecule has 0 bridgehead atoms. The molecule has 18 heavy (non-hydrogen) atoms. The van der Waals surface area contributed by atoms with Crippen LogP contribution in [0.4, 0.5) is 0 Å². The van der Waals surface area contributed by atoms with Crippen LogP contribution < -0.4 is 0 Å². The van der Waals surface area contributed by atoms with E-state index in [4.69, 9.17) is 0 Å². The molecule has 102 valence electrons. The summed E-state index contributed by atoms with van der Waals surface area (Å²) in [6, 6.07) is 5.50. The summed E-state index contributed by atoms with van der Waals surface area (Å²) < 4.78 is 24.7. The third kappa shape index (κ3) is 2.97. The molecule has 0 aromatic heterocycles. The van der Waals surface area contributed by atoms with Gasteiger partial charge in [-0.15, -0.1) is 0 Å². The summed E-state index contributed by atoms with van der Waals surface area (Å²) in [4.78, 5) is 0.414. The van der Waals surface area contributed by atoms with Crippen molar-refractivity contribution in [2.24, 2.45) is 5.41 Å². The van der Waals surface area contributed by atoms with E-state index in [1.165, 1.54) is 6.26 Å². The highest BCUT2D eigenvalue weighted by molar-refractivity contribution is 9.10. The van der Waals surface area contributed by atoms with Crippen molar-refractivity contribution in [3.8, 4) is 0 Å². The van der Waals surface area contributed by atoms with Crippen molar-refractivity contribution in [1.82, 2.24) is 0 Å². The number of sulfone groups is 1. The molecule has 0 radical (unpaired) electrons. The molecule has 0 N–H and O–H groups in total. The minimum Gasteiger partial charge on any atom is -0.224 e. The van der Waals surface area contributed by atoms with Gasteiger partial charge in [-0.1, -0.05) is 56.6 Å². The Balaban J connectivity index is 3.62. The molecule has 0 atom stereocenters. The van der Waals surface area contributed by atoms with Crippen LogP contribution in [0.3, 0.4) is 0 Å². The Bertz CT molecular complexity index is 552. The Morgan fingerprint density at radius 3 is 1.94 bits per heavy atom. The molecule has 4 heteroatoms. The molecule has 0 spiro atoms. The molecule has 0 saturated heterocycles. The van der Waals surface area contributed by atoms with Crippen LogP contribution in [0.1, 0.15) is 40.2 Å². The Morgan fingerprint density at radius 2 is 1.56 bits per heavy atom. The maximum absolute atomic E-state index is 12.0. The summed E-state index contributed by atoms with van der Waals surface area (Å²) in [5, 5.41) is 0. The highest BCUT2D eigenvalue weighted by atomic mass is 79.9. The van der Waals surface area contributed by atoms with Gasteiger partial charge in [0.05, 0.1) is 4.90 Å². The lowest BCUT2D eigenvalue weighted by molar-refractivity contribution is 0.222. The summed E-state index contributed by atoms with van der Waals surface area (Å²) in [6.07, 6.45) is 1.26. The fourth-order valence-corrected chi connectivity index (χ4v) is 3.30. The van der Waals surface area contributed by atoms with Crippen LogP contribution in [-0.2, 0) is 15.3 Å². The van der Waals surface area contributed by atoms with Gasteiger partial charge in [0.1, 0.15) is 0 Å². The second-order valence-corrected chi connectivity index (χ2v) is 9.19. The van der Waals surface area contributed by atoms with Gasteiger partial charge in [-0.25, -0.2) is 8.42 Å². The zero-order chi connectivity index (χ0) is 14.4. The molecule has 0 aliphatic heterocycles. The van der Waals surface area contributed by atoms with Gasteiger partial charge in [0.2, 0.25) is 0 Å². The molecule has 0 unspecified atom stereocenters. The maximum Gasteiger partial charge on any atom is 0.175 e. The van der Waals surface area contributed by atoms with E-state index in [1.807, 2.05) is 12.1 Å². The number of hydrogen-bond donors (Lipinski definition) is 0. The van der Waals surface area contributed by atoms with E-state index in [0.29, 0.717) is 4.90 Å². The van der Waals surface area contributed by atoms with Gasteiger partial charge in [-0.05, 0) is 28.5 Å². The summed E-state index contributed by atoms with van der Waals surface area (Å²) in [7, 11) is -3.23. The van der Waals surface area contributed by atoms with Gasteiger partial charge >= 0.3 is 0 Å². The average molecular weight is 333 g/mol. The van der Waals surface area contributed by atoms with Crippen molar-refractivity contribution < 1.29 is 8.42 Å². The average Bonchev–Trinajstić information content (AvgIpc) is 2.13. The number of halogens is 1. The normalized spacial score (nSPS) is 13.7. The lowest BCUT2D eigenvalue weighted by Crippen LogP contribution is -2.35. The van der Waals surface area contributed by atoms with Gasteiger partial charge < -0.3 is 0 Å². The van der Waals surface area contributed by atoms with Crippen molar-refractivity contribution in [2.75, 3.05) is 6.26 Å². The molecule has 1 aromatic carbocycles. The van der Waals surface area contributed by atoms with Gasteiger partial charge in [-0.3, -0.25) is 0 Å². The molecular weight excluding hydrogens is 312 g/mol. The van der Waals surface area contributed by atoms with Crippen LogP contribution in [0.25, 0.3) is 0 Å². The van der Waals surface area contributed by atoms with Crippen LogP contribution in [0.2, 0.25) is 0 Å². The lowest BCUT2D eigenvalue weighted by atomic mass is 9.65. The predicted molar refractivity (Wildman–Crippen MR) is 79.7 cm³/mol. The largest absolute Gasteiger partial charge is 0.224 e. The first kappa shape index (κ1) is 15.7. The smallest absolute Gasteiger partial charge is 0.175 e. The van der Waals surface area contributed by atoms with Crippen molar-refractivity contribution >= 4 is 25.8 Å². The summed E-state index contributed by atoms with van der Waals surface area (Å²) in [6.45, 7) is 10.6. The SMILES string of the molecule is CC(C)(C)C(C)(C)c1ccc(Br)cc1S(C)(=O)=O. The Hall–Kier alpha value is -0.350. The minimum atomic E-state index is -3.23. The lowest BCUT2D eigenvalue weighted by Gasteiger charge is -2.40. The van der Waals surface area contributed by atoms with Gasteiger partial charge in [0.25, 0.3) is 0 Å². The van der Waals surface area contributed by atoms with Crippen LogP contribution in [0.15, 0.2) is 27.6 Å². The van der Waals surface area contributed by atoms with Crippen molar-refractivity contribution in [3.05, 3.63) is 28.2 Å². The Kier molecular flexibility index (Phi) is 4.05. The van der Waals surface area contributed by atoms with Crippen molar-refractivity contribution in [1.29, 1.82) is 0 Å². The van der Waals surface area contributed by atoms with E-state index in [1.54, 1.807) is 6.07 Å². The molecule has 0 aliphatic carbocycles. The molecule has 1 rings (SSSR count). The quantitative estimate of drug-likeness (QED) is 0.814. The number of benzene rings is 1. The van der Waals surface area contributed by atoms with Gasteiger partial charge in [0.15, 0.2) is 9.84 Å². The Morgan fingerprint density at radius 1 is 1.06 bits per heavy atom. The van der Waals surface area contributed by atoms with Crippen LogP contribution in [0, 0.1) is 5.41 Å². The molecule has 1 aromatic rings. The zero-order valence-electron chi connectivity index (χ0n) is 11.8. The molecule has 2 nitrogen and oxygen atoms in total. The first-order chi connectivity index (χ1) is 7.87. The summed E-state index contributed by atoms with van der Waals surface area (Å²) >= 11 is 3.34. The standard InChI is InChI=1S/C14H21BrO2S/c1-13(2,3)14(4,5)11-8-7-10(15)9-12(11)18(6,16)17/h7-9H,1-6H3. The first-order valence-electron chi connectivity index (χ1n) is 5.87. The van der Waals surface area contributed by atoms with Crippen LogP contribution in [-0.4, -0.2) is 14.7 Å². The molecule has 0 heterocycles. The fourth-order valence-electron chi connectivity index (χ4n) is 1.72. The number of hydrogen-bond acceptors (Lipinski definition) is 2. The summed E-state index contributed by atoms with van der Waals surface area (Å²) in [5.41, 5.74) is 0.618. The van der Waals surface area contributed by atoms with Crippen molar-refractivity contribution in [3.63, 3.8) is 0 Å². The third-order valence-electron chi connectivity index (χ3n) is 3.89. The van der Waals surface area contributed by atoms with Crippen molar-refractivity contribution in [2.45, 2.75) is 44.9 Å².